The van der Waals surface area contributed by atoms with E-state index in [0.29, 0.717) is 11.3 Å². The Labute approximate surface area is 217 Å². The normalized spacial score (nSPS) is 13.9. The van der Waals surface area contributed by atoms with Crippen molar-refractivity contribution in [2.75, 3.05) is 20.4 Å². The summed E-state index contributed by atoms with van der Waals surface area (Å²) in [6, 6.07) is 10.6. The predicted octanol–water partition coefficient (Wildman–Crippen LogP) is 8.08. The fraction of sp³-hybridized carbons (Fsp3) is 0.533. The number of benzene rings is 2. The van der Waals surface area contributed by atoms with E-state index < -0.39 is 18.2 Å². The molecule has 0 aromatic heterocycles. The van der Waals surface area contributed by atoms with Gasteiger partial charge in [0.15, 0.2) is 0 Å². The van der Waals surface area contributed by atoms with Crippen molar-refractivity contribution in [1.82, 2.24) is 0 Å². The maximum absolute atomic E-state index is 14.8. The Kier molecular flexibility index (Phi) is 9.40. The molecule has 2 aromatic carbocycles. The molecule has 1 atom stereocenters. The van der Waals surface area contributed by atoms with Crippen molar-refractivity contribution in [2.24, 2.45) is 5.92 Å². The Morgan fingerprint density at radius 2 is 1.39 bits per heavy atom. The molecular weight excluding hydrogens is 471 g/mol. The Morgan fingerprint density at radius 1 is 0.861 bits per heavy atom. The lowest BCUT2D eigenvalue weighted by Gasteiger charge is -2.33. The van der Waals surface area contributed by atoms with Gasteiger partial charge < -0.3 is 14.0 Å². The number of rotatable bonds is 12. The van der Waals surface area contributed by atoms with Crippen LogP contribution in [0.25, 0.3) is 0 Å². The fourth-order valence-electron chi connectivity index (χ4n) is 4.41. The monoisotopic (exact) mass is 514 g/mol. The van der Waals surface area contributed by atoms with Crippen molar-refractivity contribution in [3.63, 3.8) is 0 Å². The van der Waals surface area contributed by atoms with Gasteiger partial charge in [-0.3, -0.25) is 9.59 Å². The number of hydrogen-bond acceptors (Lipinski definition) is 5. The summed E-state index contributed by atoms with van der Waals surface area (Å²) in [6.07, 6.45) is 1.57. The van der Waals surface area contributed by atoms with Crippen LogP contribution in [0.4, 0.5) is 0 Å². The number of ether oxygens (including phenoxy) is 2. The first-order valence-electron chi connectivity index (χ1n) is 12.7. The van der Waals surface area contributed by atoms with Gasteiger partial charge in [-0.1, -0.05) is 73.6 Å². The maximum Gasteiger partial charge on any atom is 0.232 e. The van der Waals surface area contributed by atoms with E-state index in [9.17, 15) is 14.2 Å². The Bertz CT molecular complexity index is 1130. The summed E-state index contributed by atoms with van der Waals surface area (Å²) in [5.41, 5.74) is 0.376. The van der Waals surface area contributed by atoms with Gasteiger partial charge >= 0.3 is 0 Å². The molecule has 5 nitrogen and oxygen atoms in total. The SMILES string of the molecule is CCC(C)(C)c1cccc(C(C)(C)CC)c1C(=O)P(=O)(CC(C)C)C(=O)c1ccc(OC)cc1OC. The van der Waals surface area contributed by atoms with Crippen molar-refractivity contribution in [1.29, 1.82) is 0 Å². The van der Waals surface area contributed by atoms with Gasteiger partial charge in [-0.15, -0.1) is 0 Å². The second-order valence-electron chi connectivity index (χ2n) is 11.2. The molecule has 2 aromatic rings. The molecule has 0 aliphatic carbocycles. The van der Waals surface area contributed by atoms with Crippen LogP contribution in [0.2, 0.25) is 0 Å². The number of carbonyl (C=O) groups is 2. The molecule has 0 spiro atoms. The van der Waals surface area contributed by atoms with Crippen molar-refractivity contribution < 1.29 is 23.6 Å². The smallest absolute Gasteiger partial charge is 0.232 e. The molecule has 0 saturated carbocycles. The van der Waals surface area contributed by atoms with E-state index in [4.69, 9.17) is 9.47 Å². The lowest BCUT2D eigenvalue weighted by atomic mass is 9.73. The highest BCUT2D eigenvalue weighted by atomic mass is 31.2. The van der Waals surface area contributed by atoms with Crippen molar-refractivity contribution in [3.8, 4) is 11.5 Å². The van der Waals surface area contributed by atoms with Crippen LogP contribution in [0.3, 0.4) is 0 Å². The van der Waals surface area contributed by atoms with Crippen molar-refractivity contribution in [3.05, 3.63) is 58.7 Å². The zero-order valence-electron chi connectivity index (χ0n) is 23.7. The van der Waals surface area contributed by atoms with Gasteiger partial charge in [-0.05, 0) is 52.8 Å². The van der Waals surface area contributed by atoms with E-state index >= 15 is 0 Å². The number of carbonyl (C=O) groups excluding carboxylic acids is 2. The quantitative estimate of drug-likeness (QED) is 0.268. The van der Waals surface area contributed by atoms with Gasteiger partial charge in [0.25, 0.3) is 0 Å². The molecule has 2 rings (SSSR count). The molecule has 0 heterocycles. The van der Waals surface area contributed by atoms with Crippen LogP contribution >= 0.6 is 7.14 Å². The van der Waals surface area contributed by atoms with Gasteiger partial charge in [0, 0.05) is 17.8 Å². The first-order chi connectivity index (χ1) is 16.7. The summed E-state index contributed by atoms with van der Waals surface area (Å²) < 4.78 is 25.5. The number of hydrogen-bond donors (Lipinski definition) is 0. The summed E-state index contributed by atoms with van der Waals surface area (Å²) in [5, 5.41) is 0. The van der Waals surface area contributed by atoms with Crippen LogP contribution in [0, 0.1) is 5.92 Å². The highest BCUT2D eigenvalue weighted by molar-refractivity contribution is 7.95. The minimum atomic E-state index is -4.08. The standard InChI is InChI=1S/C30H43O5P/c1-11-29(5,6)23-14-13-15-24(30(7,8)12-2)26(23)28(32)36(33,19-20(3)4)27(31)22-17-16-21(34-9)18-25(22)35-10/h13-18,20H,11-12,19H2,1-10H3. The van der Waals surface area contributed by atoms with E-state index in [-0.39, 0.29) is 34.2 Å². The first kappa shape index (κ1) is 29.8. The van der Waals surface area contributed by atoms with Gasteiger partial charge in [0.05, 0.1) is 19.8 Å². The lowest BCUT2D eigenvalue weighted by Crippen LogP contribution is -2.28. The van der Waals surface area contributed by atoms with E-state index in [1.807, 2.05) is 32.0 Å². The summed E-state index contributed by atoms with van der Waals surface area (Å²) in [7, 11) is -1.11. The third kappa shape index (κ3) is 5.78. The van der Waals surface area contributed by atoms with E-state index in [1.54, 1.807) is 18.2 Å². The lowest BCUT2D eigenvalue weighted by molar-refractivity contribution is 0.103. The molecule has 0 aliphatic heterocycles. The molecule has 0 amide bonds. The van der Waals surface area contributed by atoms with E-state index in [0.717, 1.165) is 24.0 Å². The van der Waals surface area contributed by atoms with E-state index in [2.05, 4.69) is 41.5 Å². The van der Waals surface area contributed by atoms with Gasteiger partial charge in [0.1, 0.15) is 11.5 Å². The van der Waals surface area contributed by atoms with Crippen LogP contribution in [-0.4, -0.2) is 31.4 Å². The topological polar surface area (TPSA) is 69.7 Å². The molecule has 0 aliphatic rings. The van der Waals surface area contributed by atoms with Crippen molar-refractivity contribution in [2.45, 2.75) is 79.1 Å². The molecular formula is C30H43O5P. The average Bonchev–Trinajstić information content (AvgIpc) is 2.86. The summed E-state index contributed by atoms with van der Waals surface area (Å²) >= 11 is 0. The molecule has 0 N–H and O–H groups in total. The highest BCUT2D eigenvalue weighted by Gasteiger charge is 2.46. The zero-order valence-corrected chi connectivity index (χ0v) is 24.5. The minimum Gasteiger partial charge on any atom is -0.497 e. The Balaban J connectivity index is 2.90. The Morgan fingerprint density at radius 3 is 1.81 bits per heavy atom. The molecule has 1 unspecified atom stereocenters. The third-order valence-corrected chi connectivity index (χ3v) is 10.4. The van der Waals surface area contributed by atoms with Crippen LogP contribution in [0.5, 0.6) is 11.5 Å². The van der Waals surface area contributed by atoms with Gasteiger partial charge in [-0.2, -0.15) is 0 Å². The molecule has 0 bridgehead atoms. The van der Waals surface area contributed by atoms with Gasteiger partial charge in [-0.25, -0.2) is 0 Å². The van der Waals surface area contributed by atoms with Crippen LogP contribution in [-0.2, 0) is 15.4 Å². The van der Waals surface area contributed by atoms with Gasteiger partial charge in [0.2, 0.25) is 18.2 Å². The van der Waals surface area contributed by atoms with Crippen LogP contribution in [0.15, 0.2) is 36.4 Å². The predicted molar refractivity (Wildman–Crippen MR) is 149 cm³/mol. The highest BCUT2D eigenvalue weighted by Crippen LogP contribution is 2.56. The van der Waals surface area contributed by atoms with Crippen LogP contribution in [0.1, 0.15) is 100 Å². The average molecular weight is 515 g/mol. The summed E-state index contributed by atoms with van der Waals surface area (Å²) in [4.78, 5) is 28.6. The molecule has 36 heavy (non-hydrogen) atoms. The second kappa shape index (κ2) is 11.3. The fourth-order valence-corrected chi connectivity index (χ4v) is 7.13. The zero-order chi connectivity index (χ0) is 27.5. The molecule has 0 saturated heterocycles. The molecule has 0 fully saturated rings. The summed E-state index contributed by atoms with van der Waals surface area (Å²) in [5.74, 6) is 0.629. The Hall–Kier alpha value is -2.39. The van der Waals surface area contributed by atoms with Crippen LogP contribution < -0.4 is 9.47 Å². The maximum atomic E-state index is 14.8. The minimum absolute atomic E-state index is 0.00721. The van der Waals surface area contributed by atoms with Crippen molar-refractivity contribution >= 4 is 18.2 Å². The molecule has 198 valence electrons. The molecule has 6 heteroatoms. The first-order valence-corrected chi connectivity index (χ1v) is 14.6. The number of methoxy groups -OCH3 is 2. The van der Waals surface area contributed by atoms with E-state index in [1.165, 1.54) is 14.2 Å². The summed E-state index contributed by atoms with van der Waals surface area (Å²) in [6.45, 7) is 16.3. The third-order valence-electron chi connectivity index (χ3n) is 7.42. The second-order valence-corrected chi connectivity index (χ2v) is 13.9. The largest absolute Gasteiger partial charge is 0.497 e. The molecule has 0 radical (unpaired) electrons.